The highest BCUT2D eigenvalue weighted by molar-refractivity contribution is 8.14. The number of aryl methyl sites for hydroxylation is 1. The zero-order valence-corrected chi connectivity index (χ0v) is 19.9. The Morgan fingerprint density at radius 1 is 1.06 bits per heavy atom. The lowest BCUT2D eigenvalue weighted by Crippen LogP contribution is -2.30. The van der Waals surface area contributed by atoms with Crippen LogP contribution in [0.5, 0.6) is 11.5 Å². The van der Waals surface area contributed by atoms with E-state index in [2.05, 4.69) is 4.99 Å². The zero-order chi connectivity index (χ0) is 23.2. The van der Waals surface area contributed by atoms with E-state index in [4.69, 9.17) is 21.1 Å². The number of aliphatic imine (C=N–C) groups is 1. The lowest BCUT2D eigenvalue weighted by molar-refractivity contribution is -0.113. The summed E-state index contributed by atoms with van der Waals surface area (Å²) in [7, 11) is 1.56. The number of amidine groups is 1. The minimum Gasteiger partial charge on any atom is -0.495 e. The van der Waals surface area contributed by atoms with Gasteiger partial charge in [0.25, 0.3) is 5.91 Å². The van der Waals surface area contributed by atoms with Crippen LogP contribution in [0.4, 0.5) is 5.69 Å². The normalized spacial score (nSPS) is 14.5. The maximum atomic E-state index is 13.3. The summed E-state index contributed by atoms with van der Waals surface area (Å²) in [6, 6.07) is 22.8. The molecule has 5 nitrogen and oxygen atoms in total. The molecule has 0 aliphatic carbocycles. The molecule has 3 aromatic carbocycles. The number of halogens is 1. The molecule has 168 valence electrons. The fraction of sp³-hybridized carbons (Fsp3) is 0.154. The van der Waals surface area contributed by atoms with Gasteiger partial charge in [0.05, 0.1) is 24.4 Å². The van der Waals surface area contributed by atoms with Gasteiger partial charge in [0.15, 0.2) is 5.17 Å². The van der Waals surface area contributed by atoms with E-state index in [1.54, 1.807) is 30.2 Å². The van der Waals surface area contributed by atoms with Crippen molar-refractivity contribution in [2.75, 3.05) is 24.4 Å². The maximum Gasteiger partial charge on any atom is 0.283 e. The monoisotopic (exact) mass is 478 g/mol. The van der Waals surface area contributed by atoms with Gasteiger partial charge in [-0.25, -0.2) is 4.99 Å². The molecule has 0 aromatic heterocycles. The molecule has 0 saturated carbocycles. The highest BCUT2D eigenvalue weighted by Crippen LogP contribution is 2.34. The summed E-state index contributed by atoms with van der Waals surface area (Å²) in [5, 5.41) is 1.01. The molecule has 3 aromatic rings. The van der Waals surface area contributed by atoms with E-state index in [0.717, 1.165) is 16.9 Å². The molecule has 1 aliphatic rings. The number of benzene rings is 3. The number of hydrogen-bond donors (Lipinski definition) is 0. The number of hydrogen-bond acceptors (Lipinski definition) is 5. The number of nitrogens with zero attached hydrogens (tertiary/aromatic N) is 2. The highest BCUT2D eigenvalue weighted by atomic mass is 35.5. The molecule has 0 radical (unpaired) electrons. The number of ether oxygens (including phenoxy) is 2. The number of amides is 1. The first-order chi connectivity index (χ1) is 16.0. The predicted octanol–water partition coefficient (Wildman–Crippen LogP) is 6.21. The Kier molecular flexibility index (Phi) is 7.37. The first-order valence-electron chi connectivity index (χ1n) is 10.4. The van der Waals surface area contributed by atoms with Gasteiger partial charge < -0.3 is 9.47 Å². The fourth-order valence-electron chi connectivity index (χ4n) is 3.34. The Balaban J connectivity index is 1.58. The second-order valence-electron chi connectivity index (χ2n) is 7.31. The van der Waals surface area contributed by atoms with E-state index in [0.29, 0.717) is 39.7 Å². The van der Waals surface area contributed by atoms with Crippen molar-refractivity contribution in [2.24, 2.45) is 4.99 Å². The fourth-order valence-corrected chi connectivity index (χ4v) is 4.42. The van der Waals surface area contributed by atoms with Crippen LogP contribution in [0.2, 0.25) is 5.02 Å². The number of carbonyl (C=O) groups excluding carboxylic acids is 1. The number of anilines is 1. The van der Waals surface area contributed by atoms with E-state index in [1.165, 1.54) is 11.8 Å². The van der Waals surface area contributed by atoms with Crippen LogP contribution in [-0.4, -0.2) is 30.5 Å². The van der Waals surface area contributed by atoms with Crippen LogP contribution in [0.3, 0.4) is 0 Å². The molecule has 0 N–H and O–H groups in total. The molecule has 0 saturated heterocycles. The van der Waals surface area contributed by atoms with Crippen molar-refractivity contribution in [3.8, 4) is 11.5 Å². The minimum absolute atomic E-state index is 0.204. The van der Waals surface area contributed by atoms with Crippen LogP contribution in [0, 0.1) is 6.92 Å². The van der Waals surface area contributed by atoms with Crippen molar-refractivity contribution >= 4 is 46.2 Å². The van der Waals surface area contributed by atoms with Crippen molar-refractivity contribution in [3.05, 3.63) is 94.6 Å². The van der Waals surface area contributed by atoms with Gasteiger partial charge >= 0.3 is 0 Å². The molecule has 0 bridgehead atoms. The average molecular weight is 479 g/mol. The second kappa shape index (κ2) is 10.6. The lowest BCUT2D eigenvalue weighted by atomic mass is 10.1. The summed E-state index contributed by atoms with van der Waals surface area (Å²) < 4.78 is 11.0. The molecular weight excluding hydrogens is 456 g/mol. The van der Waals surface area contributed by atoms with Gasteiger partial charge in [0.2, 0.25) is 0 Å². The summed E-state index contributed by atoms with van der Waals surface area (Å²) in [6.45, 7) is 2.50. The summed E-state index contributed by atoms with van der Waals surface area (Å²) in [4.78, 5) is 19.6. The van der Waals surface area contributed by atoms with Crippen LogP contribution < -0.4 is 14.4 Å². The quantitative estimate of drug-likeness (QED) is 0.299. The predicted molar refractivity (Wildman–Crippen MR) is 136 cm³/mol. The summed E-state index contributed by atoms with van der Waals surface area (Å²) >= 11 is 7.80. The standard InChI is InChI=1S/C26H23ClN2O3S/c1-18-7-6-8-19(15-18)16-23-25(30)29(20-11-12-24(31-2)22(27)17-20)26(28-23)33-14-13-32-21-9-4-3-5-10-21/h3-12,15-17H,13-14H2,1-2H3/b23-16-. The molecule has 0 spiro atoms. The molecule has 7 heteroatoms. The van der Waals surface area contributed by atoms with Gasteiger partial charge in [-0.05, 0) is 48.9 Å². The summed E-state index contributed by atoms with van der Waals surface area (Å²) in [5.41, 5.74) is 3.05. The van der Waals surface area contributed by atoms with E-state index in [9.17, 15) is 4.79 Å². The minimum atomic E-state index is -0.204. The smallest absolute Gasteiger partial charge is 0.283 e. The average Bonchev–Trinajstić information content (AvgIpc) is 3.12. The van der Waals surface area contributed by atoms with Crippen LogP contribution >= 0.6 is 23.4 Å². The Labute approximate surface area is 202 Å². The topological polar surface area (TPSA) is 51.1 Å². The largest absolute Gasteiger partial charge is 0.495 e. The molecule has 1 aliphatic heterocycles. The molecule has 0 atom stereocenters. The molecule has 0 unspecified atom stereocenters. The summed E-state index contributed by atoms with van der Waals surface area (Å²) in [6.07, 6.45) is 1.81. The second-order valence-corrected chi connectivity index (χ2v) is 8.78. The van der Waals surface area contributed by atoms with Crippen molar-refractivity contribution in [1.82, 2.24) is 0 Å². The van der Waals surface area contributed by atoms with Crippen LogP contribution in [0.15, 0.2) is 83.5 Å². The zero-order valence-electron chi connectivity index (χ0n) is 18.3. The molecule has 33 heavy (non-hydrogen) atoms. The number of para-hydroxylation sites is 1. The van der Waals surface area contributed by atoms with Crippen molar-refractivity contribution < 1.29 is 14.3 Å². The SMILES string of the molecule is COc1ccc(N2C(=O)/C(=C/c3cccc(C)c3)N=C2SCCOc2ccccc2)cc1Cl. The molecular formula is C26H23ClN2O3S. The number of methoxy groups -OCH3 is 1. The van der Waals surface area contributed by atoms with Crippen LogP contribution in [0.1, 0.15) is 11.1 Å². The molecule has 0 fully saturated rings. The Morgan fingerprint density at radius 2 is 1.88 bits per heavy atom. The lowest BCUT2D eigenvalue weighted by Gasteiger charge is -2.19. The van der Waals surface area contributed by atoms with Gasteiger partial charge in [0.1, 0.15) is 17.2 Å². The van der Waals surface area contributed by atoms with Gasteiger partial charge in [-0.1, -0.05) is 71.4 Å². The van der Waals surface area contributed by atoms with Crippen molar-refractivity contribution in [2.45, 2.75) is 6.92 Å². The molecule has 1 heterocycles. The maximum absolute atomic E-state index is 13.3. The van der Waals surface area contributed by atoms with E-state index < -0.39 is 0 Å². The summed E-state index contributed by atoms with van der Waals surface area (Å²) in [5.74, 6) is 1.77. The third kappa shape index (κ3) is 5.59. The molecule has 1 amide bonds. The number of carbonyl (C=O) groups is 1. The van der Waals surface area contributed by atoms with Crippen LogP contribution in [-0.2, 0) is 4.79 Å². The van der Waals surface area contributed by atoms with Gasteiger partial charge in [-0.15, -0.1) is 0 Å². The van der Waals surface area contributed by atoms with Gasteiger partial charge in [0, 0.05) is 5.75 Å². The number of rotatable bonds is 7. The van der Waals surface area contributed by atoms with Crippen LogP contribution in [0.25, 0.3) is 6.08 Å². The Morgan fingerprint density at radius 3 is 2.61 bits per heavy atom. The first kappa shape index (κ1) is 23.0. The van der Waals surface area contributed by atoms with E-state index in [1.807, 2.05) is 67.6 Å². The van der Waals surface area contributed by atoms with Gasteiger partial charge in [-0.2, -0.15) is 0 Å². The van der Waals surface area contributed by atoms with Crippen molar-refractivity contribution in [1.29, 1.82) is 0 Å². The number of thioether (sulfide) groups is 1. The van der Waals surface area contributed by atoms with E-state index >= 15 is 0 Å². The van der Waals surface area contributed by atoms with E-state index in [-0.39, 0.29) is 5.91 Å². The first-order valence-corrected chi connectivity index (χ1v) is 11.8. The third-order valence-electron chi connectivity index (χ3n) is 4.90. The van der Waals surface area contributed by atoms with Crippen molar-refractivity contribution in [3.63, 3.8) is 0 Å². The Bertz CT molecular complexity index is 1210. The third-order valence-corrected chi connectivity index (χ3v) is 6.09. The Hall–Kier alpha value is -3.22. The molecule has 4 rings (SSSR count). The highest BCUT2D eigenvalue weighted by Gasteiger charge is 2.32. The van der Waals surface area contributed by atoms with Gasteiger partial charge in [-0.3, -0.25) is 9.69 Å².